The van der Waals surface area contributed by atoms with E-state index < -0.39 is 17.8 Å². The van der Waals surface area contributed by atoms with Gasteiger partial charge >= 0.3 is 12.3 Å². The van der Waals surface area contributed by atoms with Gasteiger partial charge in [0.15, 0.2) is 0 Å². The number of anilines is 1. The second kappa shape index (κ2) is 8.37. The van der Waals surface area contributed by atoms with Crippen molar-refractivity contribution in [3.63, 3.8) is 0 Å². The molecule has 2 aromatic carbocycles. The minimum Gasteiger partial charge on any atom is -0.444 e. The second-order valence-electron chi connectivity index (χ2n) is 7.14. The van der Waals surface area contributed by atoms with Crippen LogP contribution >= 0.6 is 0 Å². The second-order valence-corrected chi connectivity index (χ2v) is 7.14. The van der Waals surface area contributed by atoms with Crippen molar-refractivity contribution in [3.8, 4) is 11.3 Å². The summed E-state index contributed by atoms with van der Waals surface area (Å²) in [6, 6.07) is 12.1. The van der Waals surface area contributed by atoms with Crippen LogP contribution in [0, 0.1) is 0 Å². The van der Waals surface area contributed by atoms with Crippen molar-refractivity contribution in [2.45, 2.75) is 26.3 Å². The Morgan fingerprint density at radius 1 is 1.16 bits per heavy atom. The van der Waals surface area contributed by atoms with Crippen LogP contribution in [0.25, 0.3) is 22.3 Å². The molecule has 2 aromatic heterocycles. The van der Waals surface area contributed by atoms with Crippen molar-refractivity contribution >= 4 is 22.9 Å². The number of ether oxygens (including phenoxy) is 1. The van der Waals surface area contributed by atoms with E-state index in [0.29, 0.717) is 0 Å². The molecule has 1 N–H and O–H groups in total. The third-order valence-corrected chi connectivity index (χ3v) is 5.01. The smallest absolute Gasteiger partial charge is 0.417 e. The first-order chi connectivity index (χ1) is 15.3. The molecule has 10 heteroatoms. The number of amides is 1. The molecule has 0 radical (unpaired) electrons. The Morgan fingerprint density at radius 2 is 1.94 bits per heavy atom. The lowest BCUT2D eigenvalue weighted by Gasteiger charge is -2.10. The SMILES string of the molecule is CCn1cnc2cc(COC(=O)Nc3cc(-c4ccccc4C(F)(F)F)nn3C)ccc21. The van der Waals surface area contributed by atoms with Crippen LogP contribution in [-0.2, 0) is 31.1 Å². The number of fused-ring (bicyclic) bond motifs is 1. The average molecular weight is 443 g/mol. The predicted molar refractivity (Wildman–Crippen MR) is 113 cm³/mol. The number of alkyl halides is 3. The molecule has 32 heavy (non-hydrogen) atoms. The molecule has 4 aromatic rings. The first kappa shape index (κ1) is 21.4. The molecule has 0 bridgehead atoms. The van der Waals surface area contributed by atoms with Crippen LogP contribution in [0.15, 0.2) is 54.9 Å². The fourth-order valence-electron chi connectivity index (χ4n) is 3.41. The largest absolute Gasteiger partial charge is 0.444 e. The van der Waals surface area contributed by atoms with E-state index in [1.54, 1.807) is 6.33 Å². The standard InChI is InChI=1S/C22H20F3N5O2/c1-3-30-13-26-18-10-14(8-9-19(18)30)12-32-21(31)27-20-11-17(28-29(20)2)15-6-4-5-7-16(15)22(23,24)25/h4-11,13H,3,12H2,1-2H3,(H,27,31). The molecule has 7 nitrogen and oxygen atoms in total. The van der Waals surface area contributed by atoms with Crippen LogP contribution in [0.1, 0.15) is 18.1 Å². The van der Waals surface area contributed by atoms with Crippen molar-refractivity contribution in [3.05, 3.63) is 66.0 Å². The molecule has 0 aliphatic heterocycles. The van der Waals surface area contributed by atoms with Gasteiger partial charge in [0.05, 0.1) is 28.6 Å². The number of carbonyl (C=O) groups is 1. The Kier molecular flexibility index (Phi) is 5.60. The van der Waals surface area contributed by atoms with Gasteiger partial charge in [0.2, 0.25) is 0 Å². The lowest BCUT2D eigenvalue weighted by Crippen LogP contribution is -2.15. The molecule has 0 saturated carbocycles. The van der Waals surface area contributed by atoms with E-state index in [-0.39, 0.29) is 23.7 Å². The highest BCUT2D eigenvalue weighted by Gasteiger charge is 2.34. The molecule has 4 rings (SSSR count). The number of halogens is 3. The highest BCUT2D eigenvalue weighted by Crippen LogP contribution is 2.37. The number of rotatable bonds is 5. The molecule has 0 spiro atoms. The van der Waals surface area contributed by atoms with Crippen molar-refractivity contribution in [2.75, 3.05) is 5.32 Å². The summed E-state index contributed by atoms with van der Waals surface area (Å²) < 4.78 is 48.5. The molecule has 2 heterocycles. The number of carbonyl (C=O) groups excluding carboxylic acids is 1. The third kappa shape index (κ3) is 4.29. The summed E-state index contributed by atoms with van der Waals surface area (Å²) in [7, 11) is 1.52. The topological polar surface area (TPSA) is 74.0 Å². The van der Waals surface area contributed by atoms with E-state index in [2.05, 4.69) is 15.4 Å². The molecular formula is C22H20F3N5O2. The maximum absolute atomic E-state index is 13.3. The fraction of sp³-hybridized carbons (Fsp3) is 0.227. The minimum atomic E-state index is -4.52. The summed E-state index contributed by atoms with van der Waals surface area (Å²) in [4.78, 5) is 16.6. The normalized spacial score (nSPS) is 11.7. The summed E-state index contributed by atoms with van der Waals surface area (Å²) in [6.45, 7) is 2.84. The van der Waals surface area contributed by atoms with E-state index in [4.69, 9.17) is 4.74 Å². The third-order valence-electron chi connectivity index (χ3n) is 5.01. The minimum absolute atomic E-state index is 0.0162. The lowest BCUT2D eigenvalue weighted by atomic mass is 10.0. The monoisotopic (exact) mass is 443 g/mol. The summed E-state index contributed by atoms with van der Waals surface area (Å²) in [6.07, 6.45) is -3.52. The van der Waals surface area contributed by atoms with Crippen LogP contribution in [0.2, 0.25) is 0 Å². The maximum atomic E-state index is 13.3. The first-order valence-corrected chi connectivity index (χ1v) is 9.84. The number of aromatic nitrogens is 4. The van der Waals surface area contributed by atoms with Gasteiger partial charge in [-0.2, -0.15) is 18.3 Å². The number of hydrogen-bond acceptors (Lipinski definition) is 4. The fourth-order valence-corrected chi connectivity index (χ4v) is 3.41. The van der Waals surface area contributed by atoms with Crippen LogP contribution in [0.4, 0.5) is 23.8 Å². The molecule has 0 atom stereocenters. The highest BCUT2D eigenvalue weighted by atomic mass is 19.4. The lowest BCUT2D eigenvalue weighted by molar-refractivity contribution is -0.137. The zero-order valence-corrected chi connectivity index (χ0v) is 17.3. The summed E-state index contributed by atoms with van der Waals surface area (Å²) in [5, 5.41) is 6.62. The van der Waals surface area contributed by atoms with Crippen molar-refractivity contribution in [1.29, 1.82) is 0 Å². The Hall–Kier alpha value is -3.82. The zero-order valence-electron chi connectivity index (χ0n) is 17.3. The van der Waals surface area contributed by atoms with Gasteiger partial charge in [-0.3, -0.25) is 10.00 Å². The van der Waals surface area contributed by atoms with Gasteiger partial charge in [0.25, 0.3) is 0 Å². The Bertz CT molecular complexity index is 1280. The predicted octanol–water partition coefficient (Wildman–Crippen LogP) is 5.22. The van der Waals surface area contributed by atoms with Gasteiger partial charge in [-0.15, -0.1) is 0 Å². The van der Waals surface area contributed by atoms with Crippen molar-refractivity contribution in [1.82, 2.24) is 19.3 Å². The van der Waals surface area contributed by atoms with Gasteiger partial charge in [-0.25, -0.2) is 9.78 Å². The highest BCUT2D eigenvalue weighted by molar-refractivity contribution is 5.85. The Balaban J connectivity index is 1.45. The van der Waals surface area contributed by atoms with E-state index >= 15 is 0 Å². The van der Waals surface area contributed by atoms with Crippen LogP contribution in [-0.4, -0.2) is 25.4 Å². The molecule has 0 unspecified atom stereocenters. The van der Waals surface area contributed by atoms with Gasteiger partial charge in [0, 0.05) is 25.2 Å². The molecule has 0 aliphatic rings. The zero-order chi connectivity index (χ0) is 22.9. The molecule has 0 fully saturated rings. The van der Waals surface area contributed by atoms with Crippen LogP contribution < -0.4 is 5.32 Å². The molecule has 166 valence electrons. The van der Waals surface area contributed by atoms with Gasteiger partial charge in [-0.1, -0.05) is 24.3 Å². The number of imidazole rings is 1. The Labute approximate surface area is 181 Å². The van der Waals surface area contributed by atoms with E-state index in [9.17, 15) is 18.0 Å². The van der Waals surface area contributed by atoms with Gasteiger partial charge < -0.3 is 9.30 Å². The quantitative estimate of drug-likeness (QED) is 0.459. The van der Waals surface area contributed by atoms with E-state index in [1.165, 1.54) is 36.0 Å². The summed E-state index contributed by atoms with van der Waals surface area (Å²) >= 11 is 0. The number of nitrogens with zero attached hydrogens (tertiary/aromatic N) is 4. The van der Waals surface area contributed by atoms with Gasteiger partial charge in [-0.05, 0) is 30.7 Å². The number of benzene rings is 2. The molecular weight excluding hydrogens is 423 g/mol. The first-order valence-electron chi connectivity index (χ1n) is 9.84. The molecule has 1 amide bonds. The number of nitrogens with one attached hydrogen (secondary N) is 1. The summed E-state index contributed by atoms with van der Waals surface area (Å²) in [5.41, 5.74) is 1.77. The molecule has 0 saturated heterocycles. The van der Waals surface area contributed by atoms with Crippen LogP contribution in [0.5, 0.6) is 0 Å². The van der Waals surface area contributed by atoms with E-state index in [1.807, 2.05) is 29.7 Å². The van der Waals surface area contributed by atoms with Gasteiger partial charge in [0.1, 0.15) is 12.4 Å². The van der Waals surface area contributed by atoms with Crippen LogP contribution in [0.3, 0.4) is 0 Å². The Morgan fingerprint density at radius 3 is 2.69 bits per heavy atom. The number of hydrogen-bond donors (Lipinski definition) is 1. The molecule has 0 aliphatic carbocycles. The summed E-state index contributed by atoms with van der Waals surface area (Å²) in [5.74, 6) is 0.208. The number of aryl methyl sites for hydroxylation is 2. The average Bonchev–Trinajstić information content (AvgIpc) is 3.34. The maximum Gasteiger partial charge on any atom is 0.417 e. The van der Waals surface area contributed by atoms with Crippen molar-refractivity contribution in [2.24, 2.45) is 7.05 Å². The van der Waals surface area contributed by atoms with Crippen molar-refractivity contribution < 1.29 is 22.7 Å². The van der Waals surface area contributed by atoms with E-state index in [0.717, 1.165) is 29.2 Å².